The molecule has 3 saturated carbocycles. The summed E-state index contributed by atoms with van der Waals surface area (Å²) in [6.07, 6.45) is 7.35. The van der Waals surface area contributed by atoms with Crippen molar-refractivity contribution < 1.29 is 0 Å². The first-order valence-corrected chi connectivity index (χ1v) is 11.3. The van der Waals surface area contributed by atoms with Gasteiger partial charge in [0.05, 0.1) is 11.0 Å². The first-order valence-electron chi connectivity index (χ1n) is 11.3. The summed E-state index contributed by atoms with van der Waals surface area (Å²) in [7, 11) is 0. The van der Waals surface area contributed by atoms with Crippen molar-refractivity contribution in [2.45, 2.75) is 63.8 Å². The number of hydrogen-bond donors (Lipinski definition) is 0. The summed E-state index contributed by atoms with van der Waals surface area (Å²) in [6.45, 7) is 4.58. The lowest BCUT2D eigenvalue weighted by Crippen LogP contribution is -2.41. The van der Waals surface area contributed by atoms with Crippen molar-refractivity contribution in [3.8, 4) is 11.4 Å². The van der Waals surface area contributed by atoms with Gasteiger partial charge in [0.1, 0.15) is 5.82 Å². The molecule has 3 aromatic rings. The van der Waals surface area contributed by atoms with Gasteiger partial charge in [-0.05, 0) is 98.3 Å². The fourth-order valence-corrected chi connectivity index (χ4v) is 7.84. The summed E-state index contributed by atoms with van der Waals surface area (Å²) in [5.41, 5.74) is 7.86. The first kappa shape index (κ1) is 15.8. The van der Waals surface area contributed by atoms with E-state index < -0.39 is 0 Å². The number of fused-ring (bicyclic) bond motifs is 6. The van der Waals surface area contributed by atoms with Gasteiger partial charge in [-0.2, -0.15) is 0 Å². The largest absolute Gasteiger partial charge is 0.321 e. The van der Waals surface area contributed by atoms with Crippen LogP contribution in [0.15, 0.2) is 42.5 Å². The van der Waals surface area contributed by atoms with Crippen molar-refractivity contribution in [3.05, 3.63) is 53.6 Å². The minimum atomic E-state index is 0.406. The molecule has 2 aromatic carbocycles. The molecule has 5 atom stereocenters. The normalized spacial score (nSPS) is 34.5. The maximum Gasteiger partial charge on any atom is 0.141 e. The van der Waals surface area contributed by atoms with Gasteiger partial charge in [-0.3, -0.25) is 0 Å². The Morgan fingerprint density at radius 1 is 0.929 bits per heavy atom. The molecule has 3 fully saturated rings. The van der Waals surface area contributed by atoms with E-state index in [9.17, 15) is 0 Å². The summed E-state index contributed by atoms with van der Waals surface area (Å²) >= 11 is 0. The van der Waals surface area contributed by atoms with Crippen LogP contribution in [0.5, 0.6) is 0 Å². The van der Waals surface area contributed by atoms with Crippen molar-refractivity contribution in [3.63, 3.8) is 0 Å². The van der Waals surface area contributed by atoms with Crippen LogP contribution in [-0.4, -0.2) is 9.55 Å². The highest BCUT2D eigenvalue weighted by molar-refractivity contribution is 5.83. The van der Waals surface area contributed by atoms with Crippen molar-refractivity contribution >= 4 is 11.0 Å². The molecule has 7 rings (SSSR count). The Balaban J connectivity index is 1.48. The molecule has 5 unspecified atom stereocenters. The Morgan fingerprint density at radius 3 is 2.29 bits per heavy atom. The molecule has 0 N–H and O–H groups in total. The molecular weight excluding hydrogens is 340 g/mol. The van der Waals surface area contributed by atoms with Gasteiger partial charge in [-0.25, -0.2) is 4.98 Å². The van der Waals surface area contributed by atoms with Gasteiger partial charge in [0, 0.05) is 11.6 Å². The predicted molar refractivity (Wildman–Crippen MR) is 114 cm³/mol. The monoisotopic (exact) mass is 368 g/mol. The summed E-state index contributed by atoms with van der Waals surface area (Å²) in [5.74, 6) is 4.79. The zero-order chi connectivity index (χ0) is 18.6. The molecule has 4 aliphatic carbocycles. The number of imidazole rings is 1. The Bertz CT molecular complexity index is 1110. The minimum absolute atomic E-state index is 0.406. The Morgan fingerprint density at radius 2 is 1.61 bits per heavy atom. The number of aromatic nitrogens is 2. The van der Waals surface area contributed by atoms with E-state index >= 15 is 0 Å². The van der Waals surface area contributed by atoms with E-state index in [0.29, 0.717) is 6.04 Å². The van der Waals surface area contributed by atoms with Crippen LogP contribution < -0.4 is 0 Å². The van der Waals surface area contributed by atoms with Gasteiger partial charge in [0.15, 0.2) is 0 Å². The van der Waals surface area contributed by atoms with Gasteiger partial charge >= 0.3 is 0 Å². The Hall–Kier alpha value is -2.09. The molecule has 0 amide bonds. The van der Waals surface area contributed by atoms with Gasteiger partial charge < -0.3 is 4.57 Å². The van der Waals surface area contributed by atoms with E-state index in [1.807, 2.05) is 0 Å². The molecule has 1 aromatic heterocycles. The molecule has 3 bridgehead atoms. The third kappa shape index (κ3) is 1.78. The lowest BCUT2D eigenvalue weighted by Gasteiger charge is -2.48. The van der Waals surface area contributed by atoms with Crippen molar-refractivity contribution in [1.29, 1.82) is 0 Å². The maximum atomic E-state index is 5.18. The van der Waals surface area contributed by atoms with E-state index in [0.717, 1.165) is 34.9 Å². The average Bonchev–Trinajstić information content (AvgIpc) is 3.29. The van der Waals surface area contributed by atoms with Crippen LogP contribution in [0.4, 0.5) is 0 Å². The molecule has 28 heavy (non-hydrogen) atoms. The van der Waals surface area contributed by atoms with Crippen LogP contribution in [0.3, 0.4) is 0 Å². The highest BCUT2D eigenvalue weighted by atomic mass is 15.1. The number of nitrogens with zero attached hydrogens (tertiary/aromatic N) is 2. The van der Waals surface area contributed by atoms with Crippen LogP contribution in [0.1, 0.15) is 75.0 Å². The second-order valence-electron chi connectivity index (χ2n) is 10.4. The Kier molecular flexibility index (Phi) is 2.87. The quantitative estimate of drug-likeness (QED) is 0.493. The third-order valence-corrected chi connectivity index (χ3v) is 8.91. The lowest BCUT2D eigenvalue weighted by molar-refractivity contribution is 0.00322. The molecule has 0 aliphatic heterocycles. The predicted octanol–water partition coefficient (Wildman–Crippen LogP) is 6.68. The van der Waals surface area contributed by atoms with E-state index in [-0.39, 0.29) is 0 Å². The summed E-state index contributed by atoms with van der Waals surface area (Å²) in [4.78, 5) is 5.18. The Labute approximate surface area is 167 Å². The van der Waals surface area contributed by atoms with Crippen molar-refractivity contribution in [2.75, 3.05) is 0 Å². The SMILES string of the molecule is CC(C)n1c(-c2ccccc2)nc2cc3c(cc21)C1CC2CC4CC3CC42C1. The first-order chi connectivity index (χ1) is 13.6. The van der Waals surface area contributed by atoms with Gasteiger partial charge in [-0.15, -0.1) is 0 Å². The highest BCUT2D eigenvalue weighted by Crippen LogP contribution is 2.76. The molecule has 1 heterocycles. The second-order valence-corrected chi connectivity index (χ2v) is 10.4. The number of rotatable bonds is 2. The fourth-order valence-electron chi connectivity index (χ4n) is 7.84. The van der Waals surface area contributed by atoms with E-state index in [4.69, 9.17) is 4.98 Å². The highest BCUT2D eigenvalue weighted by Gasteiger charge is 2.65. The zero-order valence-corrected chi connectivity index (χ0v) is 16.9. The van der Waals surface area contributed by atoms with Crippen LogP contribution in [0.2, 0.25) is 0 Å². The van der Waals surface area contributed by atoms with E-state index in [1.54, 1.807) is 11.1 Å². The maximum absolute atomic E-state index is 5.18. The smallest absolute Gasteiger partial charge is 0.141 e. The van der Waals surface area contributed by atoms with E-state index in [2.05, 4.69) is 60.9 Å². The number of hydrogen-bond acceptors (Lipinski definition) is 1. The van der Waals surface area contributed by atoms with E-state index in [1.165, 1.54) is 48.7 Å². The second kappa shape index (κ2) is 5.09. The topological polar surface area (TPSA) is 17.8 Å². The zero-order valence-electron chi connectivity index (χ0n) is 16.9. The fraction of sp³-hybridized carbons (Fsp3) is 0.500. The van der Waals surface area contributed by atoms with Crippen LogP contribution in [0, 0.1) is 17.3 Å². The van der Waals surface area contributed by atoms with Crippen molar-refractivity contribution in [1.82, 2.24) is 9.55 Å². The molecule has 2 nitrogen and oxygen atoms in total. The van der Waals surface area contributed by atoms with Gasteiger partial charge in [0.25, 0.3) is 0 Å². The van der Waals surface area contributed by atoms with Crippen LogP contribution in [-0.2, 0) is 0 Å². The average molecular weight is 369 g/mol. The molecule has 142 valence electrons. The molecule has 2 heteroatoms. The van der Waals surface area contributed by atoms with Gasteiger partial charge in [0.2, 0.25) is 0 Å². The standard InChI is InChI=1S/C26H28N2/c1-15(2)28-24-12-22-18-9-20-10-19-8-17(13-26(19,20)14-18)21(22)11-23(24)27-25(28)16-6-4-3-5-7-16/h3-7,11-12,15,17-20H,8-10,13-14H2,1-2H3. The molecule has 0 saturated heterocycles. The van der Waals surface area contributed by atoms with Crippen LogP contribution in [0.25, 0.3) is 22.4 Å². The van der Waals surface area contributed by atoms with Crippen LogP contribution >= 0.6 is 0 Å². The summed E-state index contributed by atoms with van der Waals surface area (Å²) in [6, 6.07) is 16.2. The minimum Gasteiger partial charge on any atom is -0.321 e. The lowest BCUT2D eigenvalue weighted by atomic mass is 9.56. The summed E-state index contributed by atoms with van der Waals surface area (Å²) in [5, 5.41) is 0. The molecular formula is C26H28N2. The molecule has 1 spiro atoms. The third-order valence-electron chi connectivity index (χ3n) is 8.91. The number of benzene rings is 2. The summed E-state index contributed by atoms with van der Waals surface area (Å²) < 4.78 is 2.47. The molecule has 4 aliphatic rings. The molecule has 0 radical (unpaired) electrons. The van der Waals surface area contributed by atoms with Gasteiger partial charge in [-0.1, -0.05) is 30.3 Å². The van der Waals surface area contributed by atoms with Crippen molar-refractivity contribution in [2.24, 2.45) is 17.3 Å².